The Labute approximate surface area is 234 Å². The van der Waals surface area contributed by atoms with Crippen LogP contribution in [0.4, 0.5) is 21.0 Å². The Morgan fingerprint density at radius 1 is 0.868 bits per heavy atom. The van der Waals surface area contributed by atoms with Crippen molar-refractivity contribution in [2.75, 3.05) is 23.7 Å². The number of carbonyl (C=O) groups is 2. The third kappa shape index (κ3) is 15.1. The van der Waals surface area contributed by atoms with Crippen molar-refractivity contribution >= 4 is 48.6 Å². The summed E-state index contributed by atoms with van der Waals surface area (Å²) in [6.45, 7) is 22.8. The van der Waals surface area contributed by atoms with Gasteiger partial charge in [-0.15, -0.1) is 0 Å². The van der Waals surface area contributed by atoms with Crippen LogP contribution in [-0.4, -0.2) is 50.3 Å². The van der Waals surface area contributed by atoms with Gasteiger partial charge in [0.1, 0.15) is 0 Å². The molecule has 4 amide bonds. The van der Waals surface area contributed by atoms with E-state index in [1.54, 1.807) is 6.07 Å². The highest BCUT2D eigenvalue weighted by Gasteiger charge is 2.39. The smallest absolute Gasteiger partial charge is 0.319 e. The second-order valence-corrected chi connectivity index (χ2v) is 25.2. The van der Waals surface area contributed by atoms with Gasteiger partial charge >= 0.3 is 20.6 Å². The number of benzene rings is 1. The van der Waals surface area contributed by atoms with Crippen LogP contribution < -0.4 is 21.3 Å². The van der Waals surface area contributed by atoms with Crippen LogP contribution in [0.15, 0.2) is 18.2 Å². The van der Waals surface area contributed by atoms with Crippen molar-refractivity contribution in [3.8, 4) is 0 Å². The minimum absolute atomic E-state index is 0.224. The molecule has 1 atom stereocenters. The van der Waals surface area contributed by atoms with Crippen molar-refractivity contribution in [3.05, 3.63) is 23.8 Å². The molecule has 0 radical (unpaired) electrons. The van der Waals surface area contributed by atoms with E-state index in [0.29, 0.717) is 30.4 Å². The minimum Gasteiger partial charge on any atom is -0.437 e. The fourth-order valence-electron chi connectivity index (χ4n) is 4.39. The molecule has 0 aliphatic carbocycles. The minimum atomic E-state index is -2.31. The Balaban J connectivity index is 2.60. The SMILES string of the molecule is CCCCC(CC)CNC(=O)Nc1cc(NC(=O)NCCC[Si](C)(O[Si](C)(C)C)O[Si](C)(C)C)ccc1C. The van der Waals surface area contributed by atoms with Crippen molar-refractivity contribution in [2.24, 2.45) is 5.92 Å². The zero-order valence-electron chi connectivity index (χ0n) is 25.6. The molecule has 0 spiro atoms. The standard InChI is InChI=1S/C27H54N4O4Si3/c1-11-13-15-23(12-2)21-29-27(33)31-25-20-24(17-16-22(25)3)30-26(32)28-18-14-19-38(10,34-36(4,5)6)35-37(7,8)9/h16-17,20,23H,11-15,18-19,21H2,1-10H3,(H2,28,30,32)(H2,29,31,33). The van der Waals surface area contributed by atoms with Gasteiger partial charge in [-0.1, -0.05) is 39.2 Å². The maximum atomic E-state index is 12.6. The lowest BCUT2D eigenvalue weighted by Crippen LogP contribution is -2.52. The highest BCUT2D eigenvalue weighted by molar-refractivity contribution is 6.87. The molecule has 0 aromatic heterocycles. The lowest BCUT2D eigenvalue weighted by molar-refractivity contribution is 0.249. The number of unbranched alkanes of at least 4 members (excludes halogenated alkanes) is 1. The number of nitrogens with one attached hydrogen (secondary N) is 4. The van der Waals surface area contributed by atoms with Crippen molar-refractivity contribution in [2.45, 2.75) is 105 Å². The van der Waals surface area contributed by atoms with Gasteiger partial charge in [0, 0.05) is 24.5 Å². The maximum Gasteiger partial charge on any atom is 0.319 e. The van der Waals surface area contributed by atoms with E-state index in [1.165, 1.54) is 6.42 Å². The summed E-state index contributed by atoms with van der Waals surface area (Å²) in [4.78, 5) is 25.0. The monoisotopic (exact) mass is 582 g/mol. The zero-order chi connectivity index (χ0) is 29.0. The van der Waals surface area contributed by atoms with Gasteiger partial charge in [-0.05, 0) is 95.3 Å². The third-order valence-electron chi connectivity index (χ3n) is 5.98. The Kier molecular flexibility index (Phi) is 14.3. The van der Waals surface area contributed by atoms with Crippen LogP contribution >= 0.6 is 0 Å². The molecule has 4 N–H and O–H groups in total. The molecule has 11 heteroatoms. The van der Waals surface area contributed by atoms with Gasteiger partial charge in [0.2, 0.25) is 0 Å². The molecular formula is C27H54N4O4Si3. The first-order chi connectivity index (χ1) is 17.6. The fraction of sp³-hybridized carbons (Fsp3) is 0.704. The molecule has 218 valence electrons. The van der Waals surface area contributed by atoms with Gasteiger partial charge in [0.05, 0.1) is 0 Å². The van der Waals surface area contributed by atoms with Crippen LogP contribution in [0.1, 0.15) is 51.5 Å². The van der Waals surface area contributed by atoms with Crippen LogP contribution in [0.3, 0.4) is 0 Å². The van der Waals surface area contributed by atoms with E-state index in [0.717, 1.165) is 37.3 Å². The average Bonchev–Trinajstić information content (AvgIpc) is 2.76. The fourth-order valence-corrected chi connectivity index (χ4v) is 16.9. The molecule has 0 fully saturated rings. The number of rotatable bonds is 16. The molecule has 1 aromatic carbocycles. The lowest BCUT2D eigenvalue weighted by Gasteiger charge is -2.38. The molecule has 0 heterocycles. The predicted molar refractivity (Wildman–Crippen MR) is 168 cm³/mol. The summed E-state index contributed by atoms with van der Waals surface area (Å²) in [5.74, 6) is 0.489. The van der Waals surface area contributed by atoms with Gasteiger partial charge in [-0.3, -0.25) is 0 Å². The molecule has 1 aromatic rings. The van der Waals surface area contributed by atoms with Gasteiger partial charge in [-0.2, -0.15) is 0 Å². The molecule has 0 bridgehead atoms. The summed E-state index contributed by atoms with van der Waals surface area (Å²) in [7, 11) is -5.80. The number of carbonyl (C=O) groups excluding carboxylic acids is 2. The Morgan fingerprint density at radius 2 is 1.47 bits per heavy atom. The van der Waals surface area contributed by atoms with Gasteiger partial charge < -0.3 is 29.5 Å². The van der Waals surface area contributed by atoms with Crippen LogP contribution in [0.25, 0.3) is 0 Å². The van der Waals surface area contributed by atoms with Crippen molar-refractivity contribution in [1.82, 2.24) is 10.6 Å². The summed E-state index contributed by atoms with van der Waals surface area (Å²) in [5.41, 5.74) is 2.23. The van der Waals surface area contributed by atoms with Crippen LogP contribution in [0.5, 0.6) is 0 Å². The van der Waals surface area contributed by atoms with Crippen molar-refractivity contribution in [3.63, 3.8) is 0 Å². The van der Waals surface area contributed by atoms with E-state index >= 15 is 0 Å². The Hall–Kier alpha value is -1.67. The quantitative estimate of drug-likeness (QED) is 0.119. The molecule has 1 unspecified atom stereocenters. The first-order valence-electron chi connectivity index (χ1n) is 14.2. The topological polar surface area (TPSA) is 101 Å². The van der Waals surface area contributed by atoms with Gasteiger partial charge in [0.15, 0.2) is 16.6 Å². The summed E-state index contributed by atoms with van der Waals surface area (Å²) < 4.78 is 13.1. The summed E-state index contributed by atoms with van der Waals surface area (Å²) in [5, 5.41) is 11.7. The predicted octanol–water partition coefficient (Wildman–Crippen LogP) is 7.62. The maximum absolute atomic E-state index is 12.6. The number of aryl methyl sites for hydroxylation is 1. The average molecular weight is 583 g/mol. The largest absolute Gasteiger partial charge is 0.437 e. The van der Waals surface area contributed by atoms with Crippen molar-refractivity contribution in [1.29, 1.82) is 0 Å². The summed E-state index contributed by atoms with van der Waals surface area (Å²) in [6, 6.07) is 5.86. The van der Waals surface area contributed by atoms with E-state index in [1.807, 2.05) is 19.1 Å². The van der Waals surface area contributed by atoms with Gasteiger partial charge in [0.25, 0.3) is 0 Å². The van der Waals surface area contributed by atoms with Crippen LogP contribution in [0.2, 0.25) is 51.9 Å². The number of hydrogen-bond donors (Lipinski definition) is 4. The zero-order valence-corrected chi connectivity index (χ0v) is 28.6. The van der Waals surface area contributed by atoms with Crippen LogP contribution in [-0.2, 0) is 8.23 Å². The Bertz CT molecular complexity index is 872. The number of urea groups is 2. The van der Waals surface area contributed by atoms with E-state index in [4.69, 9.17) is 8.23 Å². The molecule has 0 aliphatic rings. The number of anilines is 2. The molecule has 0 saturated heterocycles. The van der Waals surface area contributed by atoms with Crippen molar-refractivity contribution < 1.29 is 17.8 Å². The van der Waals surface area contributed by atoms with E-state index in [-0.39, 0.29) is 12.1 Å². The second kappa shape index (κ2) is 15.8. The third-order valence-corrected chi connectivity index (χ3v) is 15.6. The number of amides is 4. The second-order valence-electron chi connectivity index (χ2n) is 12.3. The molecule has 8 nitrogen and oxygen atoms in total. The molecule has 0 saturated carbocycles. The van der Waals surface area contributed by atoms with E-state index in [2.05, 4.69) is 80.9 Å². The molecular weight excluding hydrogens is 529 g/mol. The molecule has 0 aliphatic heterocycles. The normalized spacial score (nSPS) is 13.1. The molecule has 38 heavy (non-hydrogen) atoms. The first-order valence-corrected chi connectivity index (χ1v) is 23.5. The summed E-state index contributed by atoms with van der Waals surface area (Å²) >= 11 is 0. The highest BCUT2D eigenvalue weighted by atomic mass is 28.5. The van der Waals surface area contributed by atoms with E-state index in [9.17, 15) is 9.59 Å². The Morgan fingerprint density at radius 3 is 2.03 bits per heavy atom. The first kappa shape index (κ1) is 34.4. The summed E-state index contributed by atoms with van der Waals surface area (Å²) in [6.07, 6.45) is 5.31. The lowest BCUT2D eigenvalue weighted by atomic mass is 9.99. The van der Waals surface area contributed by atoms with E-state index < -0.39 is 25.2 Å². The number of hydrogen-bond acceptors (Lipinski definition) is 4. The highest BCUT2D eigenvalue weighted by Crippen LogP contribution is 2.25. The molecule has 1 rings (SSSR count). The van der Waals surface area contributed by atoms with Gasteiger partial charge in [-0.25, -0.2) is 9.59 Å². The van der Waals surface area contributed by atoms with Crippen LogP contribution in [0, 0.1) is 12.8 Å².